The molecule has 1 aromatic carbocycles. The maximum Gasteiger partial charge on any atom is 0.320 e. The molecule has 1 rings (SSSR count). The van der Waals surface area contributed by atoms with E-state index in [9.17, 15) is 4.79 Å². The Hall–Kier alpha value is -1.07. The summed E-state index contributed by atoms with van der Waals surface area (Å²) in [6.07, 6.45) is 0.429. The molecule has 5 heteroatoms. The first-order chi connectivity index (χ1) is 7.50. The van der Waals surface area contributed by atoms with Crippen molar-refractivity contribution in [2.75, 3.05) is 18.5 Å². The molecular weight excluding hydrogens is 272 g/mol. The van der Waals surface area contributed by atoms with Gasteiger partial charge in [0.25, 0.3) is 0 Å². The third-order valence-corrected chi connectivity index (χ3v) is 2.83. The van der Waals surface area contributed by atoms with Crippen LogP contribution in [0.25, 0.3) is 0 Å². The number of carboxylic acid groups (broad SMARTS) is 1. The molecule has 1 atom stereocenters. The highest BCUT2D eigenvalue weighted by atomic mass is 79.9. The van der Waals surface area contributed by atoms with Crippen molar-refractivity contribution in [3.63, 3.8) is 0 Å². The number of hydrogen-bond acceptors (Lipinski definition) is 3. The van der Waals surface area contributed by atoms with Crippen LogP contribution in [0.15, 0.2) is 28.7 Å². The molecule has 0 saturated heterocycles. The van der Waals surface area contributed by atoms with Gasteiger partial charge in [-0.1, -0.05) is 22.0 Å². The summed E-state index contributed by atoms with van der Waals surface area (Å²) in [5.41, 5.74) is 6.47. The van der Waals surface area contributed by atoms with E-state index >= 15 is 0 Å². The maximum atomic E-state index is 10.6. The second kappa shape index (κ2) is 5.86. The number of carbonyl (C=O) groups is 1. The van der Waals surface area contributed by atoms with Crippen molar-refractivity contribution in [3.8, 4) is 0 Å². The van der Waals surface area contributed by atoms with Crippen molar-refractivity contribution in [1.29, 1.82) is 0 Å². The molecule has 0 fully saturated rings. The van der Waals surface area contributed by atoms with E-state index in [1.165, 1.54) is 0 Å². The summed E-state index contributed by atoms with van der Waals surface area (Å²) in [6.45, 7) is 0.615. The van der Waals surface area contributed by atoms with Crippen LogP contribution in [0.2, 0.25) is 0 Å². The third-order valence-electron chi connectivity index (χ3n) is 2.34. The molecule has 0 spiro atoms. The molecule has 0 aliphatic carbocycles. The van der Waals surface area contributed by atoms with Crippen molar-refractivity contribution in [2.24, 2.45) is 5.73 Å². The fourth-order valence-electron chi connectivity index (χ4n) is 1.30. The van der Waals surface area contributed by atoms with Crippen molar-refractivity contribution in [1.82, 2.24) is 0 Å². The van der Waals surface area contributed by atoms with Crippen molar-refractivity contribution in [3.05, 3.63) is 28.7 Å². The highest BCUT2D eigenvalue weighted by Crippen LogP contribution is 2.18. The average Bonchev–Trinajstić information content (AvgIpc) is 2.25. The van der Waals surface area contributed by atoms with Gasteiger partial charge in [-0.15, -0.1) is 0 Å². The monoisotopic (exact) mass is 286 g/mol. The van der Waals surface area contributed by atoms with Crippen molar-refractivity contribution >= 4 is 27.6 Å². The molecule has 0 radical (unpaired) electrons. The molecule has 0 aromatic heterocycles. The second-order valence-corrected chi connectivity index (χ2v) is 4.55. The van der Waals surface area contributed by atoms with Crippen LogP contribution in [0.3, 0.4) is 0 Å². The second-order valence-electron chi connectivity index (χ2n) is 3.63. The van der Waals surface area contributed by atoms with Gasteiger partial charge in [0.15, 0.2) is 0 Å². The topological polar surface area (TPSA) is 66.6 Å². The van der Waals surface area contributed by atoms with Gasteiger partial charge >= 0.3 is 5.97 Å². The standard InChI is InChI=1S/C11H15BrN2O2/c1-14(6-5-10(13)11(15)16)9-4-2-3-8(12)7-9/h2-4,7,10H,5-6,13H2,1H3,(H,15,16). The highest BCUT2D eigenvalue weighted by Gasteiger charge is 2.12. The van der Waals surface area contributed by atoms with Gasteiger partial charge in [-0.2, -0.15) is 0 Å². The lowest BCUT2D eigenvalue weighted by molar-refractivity contribution is -0.138. The SMILES string of the molecule is CN(CCC(N)C(=O)O)c1cccc(Br)c1. The summed E-state index contributed by atoms with van der Waals surface area (Å²) in [7, 11) is 1.91. The Kier molecular flexibility index (Phi) is 4.76. The molecule has 0 bridgehead atoms. The molecule has 0 heterocycles. The minimum atomic E-state index is -0.956. The first-order valence-corrected chi connectivity index (χ1v) is 5.75. The normalized spacial score (nSPS) is 12.2. The number of carboxylic acids is 1. The third kappa shape index (κ3) is 3.83. The number of aliphatic carboxylic acids is 1. The van der Waals surface area contributed by atoms with Crippen LogP contribution in [0.4, 0.5) is 5.69 Å². The maximum absolute atomic E-state index is 10.6. The van der Waals surface area contributed by atoms with Crippen LogP contribution in [-0.4, -0.2) is 30.7 Å². The van der Waals surface area contributed by atoms with E-state index in [0.29, 0.717) is 13.0 Å². The molecule has 16 heavy (non-hydrogen) atoms. The van der Waals surface area contributed by atoms with Gasteiger partial charge in [-0.05, 0) is 24.6 Å². The Bertz CT molecular complexity index is 371. The van der Waals surface area contributed by atoms with Crippen LogP contribution >= 0.6 is 15.9 Å². The van der Waals surface area contributed by atoms with E-state index in [0.717, 1.165) is 10.2 Å². The van der Waals surface area contributed by atoms with Crippen LogP contribution in [0.1, 0.15) is 6.42 Å². The summed E-state index contributed by atoms with van der Waals surface area (Å²) in [6, 6.07) is 7.03. The largest absolute Gasteiger partial charge is 0.480 e. The number of halogens is 1. The number of nitrogens with two attached hydrogens (primary N) is 1. The quantitative estimate of drug-likeness (QED) is 0.864. The summed E-state index contributed by atoms with van der Waals surface area (Å²) in [5.74, 6) is -0.956. The van der Waals surface area contributed by atoms with Gasteiger partial charge in [0.1, 0.15) is 6.04 Å². The van der Waals surface area contributed by atoms with E-state index in [1.807, 2.05) is 36.2 Å². The molecular formula is C11H15BrN2O2. The fraction of sp³-hybridized carbons (Fsp3) is 0.364. The molecule has 1 unspecified atom stereocenters. The summed E-state index contributed by atoms with van der Waals surface area (Å²) in [4.78, 5) is 12.5. The van der Waals surface area contributed by atoms with Gasteiger partial charge in [0.2, 0.25) is 0 Å². The predicted molar refractivity (Wildman–Crippen MR) is 67.6 cm³/mol. The summed E-state index contributed by atoms with van der Waals surface area (Å²) in [5, 5.41) is 8.66. The molecule has 0 aliphatic heterocycles. The van der Waals surface area contributed by atoms with Crippen LogP contribution in [0.5, 0.6) is 0 Å². The van der Waals surface area contributed by atoms with Gasteiger partial charge in [-0.25, -0.2) is 0 Å². The number of hydrogen-bond donors (Lipinski definition) is 2. The number of anilines is 1. The van der Waals surface area contributed by atoms with Crippen LogP contribution < -0.4 is 10.6 Å². The first kappa shape index (κ1) is 13.0. The molecule has 4 nitrogen and oxygen atoms in total. The highest BCUT2D eigenvalue weighted by molar-refractivity contribution is 9.10. The lowest BCUT2D eigenvalue weighted by Gasteiger charge is -2.20. The average molecular weight is 287 g/mol. The Morgan fingerprint density at radius 2 is 2.31 bits per heavy atom. The molecule has 1 aromatic rings. The van der Waals surface area contributed by atoms with E-state index < -0.39 is 12.0 Å². The Labute approximate surface area is 103 Å². The zero-order valence-electron chi connectivity index (χ0n) is 9.06. The minimum absolute atomic E-state index is 0.429. The fourth-order valence-corrected chi connectivity index (χ4v) is 1.69. The molecule has 0 saturated carbocycles. The molecule has 3 N–H and O–H groups in total. The van der Waals surface area contributed by atoms with E-state index in [2.05, 4.69) is 15.9 Å². The zero-order valence-corrected chi connectivity index (χ0v) is 10.6. The first-order valence-electron chi connectivity index (χ1n) is 4.96. The van der Waals surface area contributed by atoms with Gasteiger partial charge in [-0.3, -0.25) is 4.79 Å². The lowest BCUT2D eigenvalue weighted by Crippen LogP contribution is -2.34. The zero-order chi connectivity index (χ0) is 12.1. The van der Waals surface area contributed by atoms with E-state index in [1.54, 1.807) is 0 Å². The van der Waals surface area contributed by atoms with Crippen molar-refractivity contribution in [2.45, 2.75) is 12.5 Å². The molecule has 0 aliphatic rings. The number of rotatable bonds is 5. The minimum Gasteiger partial charge on any atom is -0.480 e. The van der Waals surface area contributed by atoms with Gasteiger partial charge < -0.3 is 15.7 Å². The van der Waals surface area contributed by atoms with Crippen LogP contribution in [-0.2, 0) is 4.79 Å². The van der Waals surface area contributed by atoms with E-state index in [-0.39, 0.29) is 0 Å². The van der Waals surface area contributed by atoms with E-state index in [4.69, 9.17) is 10.8 Å². The van der Waals surface area contributed by atoms with Gasteiger partial charge in [0, 0.05) is 23.8 Å². The molecule has 0 amide bonds. The smallest absolute Gasteiger partial charge is 0.320 e. The molecule has 88 valence electrons. The Balaban J connectivity index is 2.52. The van der Waals surface area contributed by atoms with Gasteiger partial charge in [0.05, 0.1) is 0 Å². The summed E-state index contributed by atoms with van der Waals surface area (Å²) < 4.78 is 0.999. The number of nitrogens with zero attached hydrogens (tertiary/aromatic N) is 1. The lowest BCUT2D eigenvalue weighted by atomic mass is 10.2. The Morgan fingerprint density at radius 1 is 1.62 bits per heavy atom. The predicted octanol–water partition coefficient (Wildman–Crippen LogP) is 1.69. The number of benzene rings is 1. The van der Waals surface area contributed by atoms with Crippen LogP contribution in [0, 0.1) is 0 Å². The Morgan fingerprint density at radius 3 is 2.88 bits per heavy atom. The summed E-state index contributed by atoms with van der Waals surface area (Å²) >= 11 is 3.39. The van der Waals surface area contributed by atoms with Crippen molar-refractivity contribution < 1.29 is 9.90 Å².